The summed E-state index contributed by atoms with van der Waals surface area (Å²) in [6, 6.07) is 0. The molecule has 0 aromatic heterocycles. The van der Waals surface area contributed by atoms with Crippen molar-refractivity contribution in [1.29, 1.82) is 0 Å². The average Bonchev–Trinajstić information content (AvgIpc) is 2.80. The highest BCUT2D eigenvalue weighted by molar-refractivity contribution is 5.22. The van der Waals surface area contributed by atoms with Gasteiger partial charge in [-0.15, -0.1) is 0 Å². The first-order valence-electron chi connectivity index (χ1n) is 6.89. The molecule has 0 aliphatic heterocycles. The molecule has 1 rings (SSSR count). The fraction of sp³-hybridized carbons (Fsp3) is 0.733. The third-order valence-corrected chi connectivity index (χ3v) is 3.25. The topological polar surface area (TPSA) is 20.2 Å². The molecule has 1 nitrogen and oxygen atoms in total. The molecule has 16 heavy (non-hydrogen) atoms. The first-order chi connectivity index (χ1) is 7.93. The van der Waals surface area contributed by atoms with E-state index in [1.54, 1.807) is 5.57 Å². The highest BCUT2D eigenvalue weighted by atomic mass is 16.2. The van der Waals surface area contributed by atoms with E-state index >= 15 is 0 Å². The molecular weight excluding hydrogens is 196 g/mol. The molecule has 0 atom stereocenters. The molecule has 0 radical (unpaired) electrons. The van der Waals surface area contributed by atoms with Gasteiger partial charge in [-0.25, -0.2) is 0 Å². The lowest BCUT2D eigenvalue weighted by atomic mass is 10.0. The molecular formula is C15H26O. The van der Waals surface area contributed by atoms with Crippen LogP contribution in [0.2, 0.25) is 0 Å². The molecule has 1 heteroatoms. The van der Waals surface area contributed by atoms with Gasteiger partial charge in [0.25, 0.3) is 0 Å². The number of unbranched alkanes of at least 4 members (excludes halogenated alkanes) is 7. The fourth-order valence-corrected chi connectivity index (χ4v) is 2.20. The molecule has 1 N–H and O–H groups in total. The van der Waals surface area contributed by atoms with Gasteiger partial charge in [0.1, 0.15) is 0 Å². The molecule has 0 fully saturated rings. The predicted molar refractivity (Wildman–Crippen MR) is 70.5 cm³/mol. The Morgan fingerprint density at radius 2 is 1.50 bits per heavy atom. The Labute approximate surface area is 100 Å². The summed E-state index contributed by atoms with van der Waals surface area (Å²) in [5.41, 5.74) is 1.61. The zero-order valence-electron chi connectivity index (χ0n) is 10.5. The molecule has 0 unspecified atom stereocenters. The molecule has 0 amide bonds. The maximum Gasteiger partial charge on any atom is 0.0431 e. The van der Waals surface area contributed by atoms with Crippen molar-refractivity contribution in [3.63, 3.8) is 0 Å². The Kier molecular flexibility index (Phi) is 8.15. The van der Waals surface area contributed by atoms with Gasteiger partial charge in [-0.05, 0) is 25.7 Å². The normalized spacial score (nSPS) is 14.4. The van der Waals surface area contributed by atoms with E-state index in [0.717, 1.165) is 6.42 Å². The predicted octanol–water partition coefficient (Wildman–Crippen LogP) is 4.38. The number of aliphatic hydroxyl groups is 1. The smallest absolute Gasteiger partial charge is 0.0431 e. The van der Waals surface area contributed by atoms with Gasteiger partial charge >= 0.3 is 0 Å². The SMILES string of the molecule is OCCCCCCCCCCC1=CC=CC1. The van der Waals surface area contributed by atoms with E-state index in [4.69, 9.17) is 5.11 Å². The maximum atomic E-state index is 8.63. The molecule has 0 aromatic rings. The maximum absolute atomic E-state index is 8.63. The molecule has 0 spiro atoms. The van der Waals surface area contributed by atoms with Crippen molar-refractivity contribution in [2.45, 2.75) is 64.2 Å². The van der Waals surface area contributed by atoms with E-state index in [1.807, 2.05) is 0 Å². The van der Waals surface area contributed by atoms with E-state index in [-0.39, 0.29) is 0 Å². The van der Waals surface area contributed by atoms with E-state index in [1.165, 1.54) is 57.8 Å². The Morgan fingerprint density at radius 3 is 2.06 bits per heavy atom. The van der Waals surface area contributed by atoms with Crippen molar-refractivity contribution in [1.82, 2.24) is 0 Å². The van der Waals surface area contributed by atoms with Gasteiger partial charge in [-0.2, -0.15) is 0 Å². The number of aliphatic hydroxyl groups excluding tert-OH is 1. The van der Waals surface area contributed by atoms with Crippen LogP contribution in [0.25, 0.3) is 0 Å². The van der Waals surface area contributed by atoms with Crippen molar-refractivity contribution in [2.75, 3.05) is 6.61 Å². The zero-order chi connectivity index (χ0) is 11.5. The van der Waals surface area contributed by atoms with Gasteiger partial charge in [0.15, 0.2) is 0 Å². The van der Waals surface area contributed by atoms with Crippen molar-refractivity contribution in [3.8, 4) is 0 Å². The minimum Gasteiger partial charge on any atom is -0.396 e. The first kappa shape index (κ1) is 13.5. The van der Waals surface area contributed by atoms with Gasteiger partial charge in [0.2, 0.25) is 0 Å². The lowest BCUT2D eigenvalue weighted by Crippen LogP contribution is -1.85. The average molecular weight is 222 g/mol. The van der Waals surface area contributed by atoms with Crippen LogP contribution in [-0.2, 0) is 0 Å². The summed E-state index contributed by atoms with van der Waals surface area (Å²) in [6.07, 6.45) is 19.6. The van der Waals surface area contributed by atoms with Crippen molar-refractivity contribution in [2.24, 2.45) is 0 Å². The summed E-state index contributed by atoms with van der Waals surface area (Å²) in [4.78, 5) is 0. The molecule has 0 saturated carbocycles. The van der Waals surface area contributed by atoms with Gasteiger partial charge in [0.05, 0.1) is 0 Å². The third-order valence-electron chi connectivity index (χ3n) is 3.25. The van der Waals surface area contributed by atoms with Gasteiger partial charge < -0.3 is 5.11 Å². The van der Waals surface area contributed by atoms with Crippen LogP contribution in [0.4, 0.5) is 0 Å². The molecule has 92 valence electrons. The Morgan fingerprint density at radius 1 is 0.875 bits per heavy atom. The molecule has 1 aliphatic rings. The second kappa shape index (κ2) is 9.65. The molecule has 0 bridgehead atoms. The molecule has 0 saturated heterocycles. The number of rotatable bonds is 10. The standard InChI is InChI=1S/C15H26O/c16-14-10-6-4-2-1-3-5-7-11-15-12-8-9-13-15/h8-9,12,16H,1-7,10-11,13-14H2. The summed E-state index contributed by atoms with van der Waals surface area (Å²) < 4.78 is 0. The zero-order valence-corrected chi connectivity index (χ0v) is 10.5. The van der Waals surface area contributed by atoms with Crippen LogP contribution in [-0.4, -0.2) is 11.7 Å². The Hall–Kier alpha value is -0.560. The number of hydrogen-bond donors (Lipinski definition) is 1. The van der Waals surface area contributed by atoms with Gasteiger partial charge in [-0.1, -0.05) is 62.3 Å². The molecule has 0 aromatic carbocycles. The highest BCUT2D eigenvalue weighted by Gasteiger charge is 1.98. The van der Waals surface area contributed by atoms with Crippen molar-refractivity contribution in [3.05, 3.63) is 23.8 Å². The first-order valence-corrected chi connectivity index (χ1v) is 6.89. The third kappa shape index (κ3) is 6.84. The summed E-state index contributed by atoms with van der Waals surface area (Å²) in [7, 11) is 0. The Balaban J connectivity index is 1.75. The highest BCUT2D eigenvalue weighted by Crippen LogP contribution is 2.18. The van der Waals surface area contributed by atoms with Crippen LogP contribution >= 0.6 is 0 Å². The van der Waals surface area contributed by atoms with Crippen LogP contribution in [0.15, 0.2) is 23.8 Å². The van der Waals surface area contributed by atoms with Crippen LogP contribution < -0.4 is 0 Å². The lowest BCUT2D eigenvalue weighted by molar-refractivity contribution is 0.282. The van der Waals surface area contributed by atoms with E-state index in [2.05, 4.69) is 18.2 Å². The van der Waals surface area contributed by atoms with Crippen LogP contribution in [0.3, 0.4) is 0 Å². The summed E-state index contributed by atoms with van der Waals surface area (Å²) in [6.45, 7) is 0.364. The molecule has 0 heterocycles. The second-order valence-electron chi connectivity index (χ2n) is 4.76. The van der Waals surface area contributed by atoms with Crippen molar-refractivity contribution < 1.29 is 5.11 Å². The van der Waals surface area contributed by atoms with Crippen LogP contribution in [0, 0.1) is 0 Å². The Bertz CT molecular complexity index is 215. The minimum absolute atomic E-state index is 0.364. The summed E-state index contributed by atoms with van der Waals surface area (Å²) in [5, 5.41) is 8.63. The van der Waals surface area contributed by atoms with Gasteiger partial charge in [-0.3, -0.25) is 0 Å². The summed E-state index contributed by atoms with van der Waals surface area (Å²) in [5.74, 6) is 0. The largest absolute Gasteiger partial charge is 0.396 e. The van der Waals surface area contributed by atoms with Crippen LogP contribution in [0.5, 0.6) is 0 Å². The molecule has 1 aliphatic carbocycles. The second-order valence-corrected chi connectivity index (χ2v) is 4.76. The number of allylic oxidation sites excluding steroid dienone is 4. The van der Waals surface area contributed by atoms with Gasteiger partial charge in [0, 0.05) is 6.61 Å². The van der Waals surface area contributed by atoms with Crippen molar-refractivity contribution >= 4 is 0 Å². The number of hydrogen-bond acceptors (Lipinski definition) is 1. The van der Waals surface area contributed by atoms with E-state index in [0.29, 0.717) is 6.61 Å². The lowest BCUT2D eigenvalue weighted by Gasteiger charge is -2.02. The quantitative estimate of drug-likeness (QED) is 0.544. The minimum atomic E-state index is 0.364. The summed E-state index contributed by atoms with van der Waals surface area (Å²) >= 11 is 0. The van der Waals surface area contributed by atoms with Crippen LogP contribution in [0.1, 0.15) is 64.2 Å². The monoisotopic (exact) mass is 222 g/mol. The fourth-order valence-electron chi connectivity index (χ4n) is 2.20. The van der Waals surface area contributed by atoms with E-state index in [9.17, 15) is 0 Å². The van der Waals surface area contributed by atoms with E-state index < -0.39 is 0 Å².